The molecule has 3 N–H and O–H groups in total. The minimum Gasteiger partial charge on any atom is -0.497 e. The number of amides is 1. The second-order valence-corrected chi connectivity index (χ2v) is 6.24. The number of rotatable bonds is 8. The van der Waals surface area contributed by atoms with Crippen LogP contribution in [0.1, 0.15) is 19.4 Å². The Hall–Kier alpha value is -3.28. The minimum absolute atomic E-state index is 0.245. The molecular formula is C22H25FN2O3. The highest BCUT2D eigenvalue weighted by Gasteiger charge is 2.09. The largest absolute Gasteiger partial charge is 0.497 e. The maximum atomic E-state index is 13.0. The summed E-state index contributed by atoms with van der Waals surface area (Å²) < 4.78 is 24.0. The van der Waals surface area contributed by atoms with E-state index in [1.807, 2.05) is 48.5 Å². The number of methoxy groups -OCH3 is 1. The van der Waals surface area contributed by atoms with Crippen LogP contribution in [-0.2, 0) is 11.3 Å². The van der Waals surface area contributed by atoms with Crippen LogP contribution in [0, 0.1) is 0 Å². The molecule has 0 fully saturated rings. The Bertz CT molecular complexity index is 854. The van der Waals surface area contributed by atoms with Crippen LogP contribution in [-0.4, -0.2) is 19.2 Å². The first kappa shape index (κ1) is 21.0. The van der Waals surface area contributed by atoms with Crippen molar-refractivity contribution in [2.45, 2.75) is 26.6 Å². The third kappa shape index (κ3) is 6.46. The lowest BCUT2D eigenvalue weighted by Gasteiger charge is -2.10. The van der Waals surface area contributed by atoms with E-state index in [-0.39, 0.29) is 18.0 Å². The molecule has 5 nitrogen and oxygen atoms in total. The molecule has 0 heterocycles. The zero-order valence-corrected chi connectivity index (χ0v) is 16.2. The van der Waals surface area contributed by atoms with Crippen LogP contribution in [0.4, 0.5) is 4.39 Å². The molecule has 0 spiro atoms. The number of halogens is 1. The summed E-state index contributed by atoms with van der Waals surface area (Å²) >= 11 is 0. The van der Waals surface area contributed by atoms with Crippen molar-refractivity contribution in [1.29, 1.82) is 0 Å². The Balaban J connectivity index is 2.01. The van der Waals surface area contributed by atoms with Gasteiger partial charge in [-0.05, 0) is 61.9 Å². The zero-order chi connectivity index (χ0) is 20.5. The van der Waals surface area contributed by atoms with Gasteiger partial charge in [0.25, 0.3) is 5.91 Å². The van der Waals surface area contributed by atoms with E-state index in [1.54, 1.807) is 14.0 Å². The molecule has 1 atom stereocenters. The average molecular weight is 384 g/mol. The van der Waals surface area contributed by atoms with Crippen LogP contribution in [0.3, 0.4) is 0 Å². The topological polar surface area (TPSA) is 73.6 Å². The van der Waals surface area contributed by atoms with Gasteiger partial charge >= 0.3 is 0 Å². The molecule has 2 rings (SSSR count). The van der Waals surface area contributed by atoms with Crippen LogP contribution >= 0.6 is 0 Å². The molecule has 2 aromatic carbocycles. The average Bonchev–Trinajstić information content (AvgIpc) is 2.67. The molecule has 0 aliphatic carbocycles. The first-order chi connectivity index (χ1) is 13.4. The lowest BCUT2D eigenvalue weighted by molar-refractivity contribution is -0.117. The van der Waals surface area contributed by atoms with E-state index in [0.29, 0.717) is 17.2 Å². The van der Waals surface area contributed by atoms with E-state index in [1.165, 1.54) is 19.1 Å². The SMILES string of the molecule is COc1ccc(Oc2cccc(CNC(=O)C(/C=C\C(C)F)=C(/C)N)c2)cc1. The molecule has 28 heavy (non-hydrogen) atoms. The van der Waals surface area contributed by atoms with E-state index in [4.69, 9.17) is 15.2 Å². The number of hydrogen-bond donors (Lipinski definition) is 2. The Morgan fingerprint density at radius 2 is 1.86 bits per heavy atom. The number of ether oxygens (including phenoxy) is 2. The van der Waals surface area contributed by atoms with E-state index < -0.39 is 6.17 Å². The van der Waals surface area contributed by atoms with Crippen molar-refractivity contribution in [3.8, 4) is 17.2 Å². The Kier molecular flexibility index (Phi) is 7.63. The molecule has 0 bridgehead atoms. The van der Waals surface area contributed by atoms with Gasteiger partial charge in [-0.25, -0.2) is 4.39 Å². The van der Waals surface area contributed by atoms with Crippen LogP contribution < -0.4 is 20.5 Å². The highest BCUT2D eigenvalue weighted by atomic mass is 19.1. The van der Waals surface area contributed by atoms with Gasteiger partial charge in [-0.1, -0.05) is 18.2 Å². The van der Waals surface area contributed by atoms with Gasteiger partial charge in [0.2, 0.25) is 0 Å². The molecule has 148 valence electrons. The molecule has 6 heteroatoms. The Morgan fingerprint density at radius 3 is 2.46 bits per heavy atom. The van der Waals surface area contributed by atoms with E-state index in [0.717, 1.165) is 11.3 Å². The van der Waals surface area contributed by atoms with Crippen molar-refractivity contribution in [3.63, 3.8) is 0 Å². The third-order valence-corrected chi connectivity index (χ3v) is 3.84. The smallest absolute Gasteiger partial charge is 0.253 e. The van der Waals surface area contributed by atoms with Gasteiger partial charge in [0.15, 0.2) is 0 Å². The van der Waals surface area contributed by atoms with Crippen molar-refractivity contribution >= 4 is 5.91 Å². The van der Waals surface area contributed by atoms with Gasteiger partial charge in [0.1, 0.15) is 23.4 Å². The van der Waals surface area contributed by atoms with Crippen molar-refractivity contribution in [1.82, 2.24) is 5.32 Å². The van der Waals surface area contributed by atoms with Crippen molar-refractivity contribution in [2.24, 2.45) is 5.73 Å². The van der Waals surface area contributed by atoms with Crippen LogP contribution in [0.2, 0.25) is 0 Å². The molecule has 0 aliphatic rings. The lowest BCUT2D eigenvalue weighted by Crippen LogP contribution is -2.25. The van der Waals surface area contributed by atoms with Gasteiger partial charge in [-0.15, -0.1) is 0 Å². The molecule has 2 aromatic rings. The first-order valence-corrected chi connectivity index (χ1v) is 8.86. The van der Waals surface area contributed by atoms with Crippen molar-refractivity contribution < 1.29 is 18.7 Å². The van der Waals surface area contributed by atoms with Crippen LogP contribution in [0.15, 0.2) is 72.0 Å². The van der Waals surface area contributed by atoms with Gasteiger partial charge in [-0.2, -0.15) is 0 Å². The zero-order valence-electron chi connectivity index (χ0n) is 16.2. The van der Waals surface area contributed by atoms with Crippen molar-refractivity contribution in [3.05, 3.63) is 77.5 Å². The summed E-state index contributed by atoms with van der Waals surface area (Å²) in [7, 11) is 1.61. The summed E-state index contributed by atoms with van der Waals surface area (Å²) in [6.07, 6.45) is 1.53. The lowest BCUT2D eigenvalue weighted by atomic mass is 10.1. The van der Waals surface area contributed by atoms with Crippen molar-refractivity contribution in [2.75, 3.05) is 7.11 Å². The molecule has 0 aliphatic heterocycles. The number of nitrogens with two attached hydrogens (primary N) is 1. The quantitative estimate of drug-likeness (QED) is 0.527. The summed E-state index contributed by atoms with van der Waals surface area (Å²) in [6, 6.07) is 14.6. The molecule has 1 unspecified atom stereocenters. The Morgan fingerprint density at radius 1 is 1.18 bits per heavy atom. The fraction of sp³-hybridized carbons (Fsp3) is 0.227. The maximum absolute atomic E-state index is 13.0. The molecule has 0 saturated carbocycles. The number of alkyl halides is 1. The molecule has 1 amide bonds. The highest BCUT2D eigenvalue weighted by molar-refractivity contribution is 5.96. The third-order valence-electron chi connectivity index (χ3n) is 3.84. The summed E-state index contributed by atoms with van der Waals surface area (Å²) in [5.74, 6) is 1.71. The summed E-state index contributed by atoms with van der Waals surface area (Å²) in [5, 5.41) is 2.79. The molecule has 0 saturated heterocycles. The van der Waals surface area contributed by atoms with Gasteiger partial charge < -0.3 is 20.5 Å². The van der Waals surface area contributed by atoms with E-state index in [2.05, 4.69) is 5.32 Å². The maximum Gasteiger partial charge on any atom is 0.253 e. The summed E-state index contributed by atoms with van der Waals surface area (Å²) in [4.78, 5) is 12.3. The first-order valence-electron chi connectivity index (χ1n) is 8.86. The molecule has 0 radical (unpaired) electrons. The predicted octanol–water partition coefficient (Wildman–Crippen LogP) is 4.25. The minimum atomic E-state index is -1.16. The van der Waals surface area contributed by atoms with Gasteiger partial charge in [-0.3, -0.25) is 4.79 Å². The fourth-order valence-corrected chi connectivity index (χ4v) is 2.39. The highest BCUT2D eigenvalue weighted by Crippen LogP contribution is 2.24. The van der Waals surface area contributed by atoms with Crippen LogP contribution in [0.5, 0.6) is 17.2 Å². The monoisotopic (exact) mass is 384 g/mol. The predicted molar refractivity (Wildman–Crippen MR) is 108 cm³/mol. The Labute approximate surface area is 164 Å². The number of nitrogens with one attached hydrogen (secondary N) is 1. The van der Waals surface area contributed by atoms with Gasteiger partial charge in [0, 0.05) is 12.2 Å². The standard InChI is InChI=1S/C22H25FN2O3/c1-15(23)7-12-21(16(2)24)22(26)25-14-17-5-4-6-20(13-17)28-19-10-8-18(27-3)9-11-19/h4-13,15H,14,24H2,1-3H3,(H,25,26)/b12-7-,21-16-. The number of carbonyl (C=O) groups is 1. The second-order valence-electron chi connectivity index (χ2n) is 6.24. The number of allylic oxidation sites excluding steroid dienone is 2. The number of benzene rings is 2. The second kappa shape index (κ2) is 10.2. The number of hydrogen-bond acceptors (Lipinski definition) is 4. The fourth-order valence-electron chi connectivity index (χ4n) is 2.39. The molecule has 0 aromatic heterocycles. The summed E-state index contributed by atoms with van der Waals surface area (Å²) in [5.41, 5.74) is 7.17. The van der Waals surface area contributed by atoms with E-state index in [9.17, 15) is 9.18 Å². The van der Waals surface area contributed by atoms with E-state index >= 15 is 0 Å². The number of carbonyl (C=O) groups excluding carboxylic acids is 1. The molecular weight excluding hydrogens is 359 g/mol. The van der Waals surface area contributed by atoms with Crippen LogP contribution in [0.25, 0.3) is 0 Å². The normalized spacial score (nSPS) is 13.0. The summed E-state index contributed by atoms with van der Waals surface area (Å²) in [6.45, 7) is 3.27. The van der Waals surface area contributed by atoms with Gasteiger partial charge in [0.05, 0.1) is 12.7 Å².